The van der Waals surface area contributed by atoms with Gasteiger partial charge in [0.05, 0.1) is 5.56 Å². The molecule has 4 nitrogen and oxygen atoms in total. The van der Waals surface area contributed by atoms with Crippen molar-refractivity contribution in [3.8, 4) is 0 Å². The number of anilines is 1. The van der Waals surface area contributed by atoms with E-state index in [2.05, 4.69) is 44.5 Å². The molecule has 4 heteroatoms. The maximum atomic E-state index is 11.3. The fourth-order valence-corrected chi connectivity index (χ4v) is 2.04. The number of rotatable bonds is 5. The fourth-order valence-electron chi connectivity index (χ4n) is 2.04. The van der Waals surface area contributed by atoms with E-state index in [1.165, 1.54) is 0 Å². The average Bonchev–Trinajstić information content (AvgIpc) is 2.35. The van der Waals surface area contributed by atoms with Gasteiger partial charge in [0, 0.05) is 18.8 Å². The molecule has 112 valence electrons. The summed E-state index contributed by atoms with van der Waals surface area (Å²) in [6.07, 6.45) is 1.75. The summed E-state index contributed by atoms with van der Waals surface area (Å²) in [5.74, 6) is -0.168. The summed E-state index contributed by atoms with van der Waals surface area (Å²) in [7, 11) is 1.97. The summed E-state index contributed by atoms with van der Waals surface area (Å²) >= 11 is 0. The summed E-state index contributed by atoms with van der Waals surface area (Å²) in [5, 5.41) is 9.24. The van der Waals surface area contributed by atoms with E-state index >= 15 is 0 Å². The molecule has 0 bridgehead atoms. The normalized spacial score (nSPS) is 13.1. The van der Waals surface area contributed by atoms with Crippen molar-refractivity contribution in [2.24, 2.45) is 5.41 Å². The van der Waals surface area contributed by atoms with Crippen molar-refractivity contribution in [2.75, 3.05) is 11.9 Å². The molecule has 0 spiro atoms. The Labute approximate surface area is 121 Å². The molecule has 1 atom stereocenters. The molecule has 0 fully saturated rings. The monoisotopic (exact) mass is 278 g/mol. The van der Waals surface area contributed by atoms with Crippen LogP contribution in [0.4, 0.5) is 5.82 Å². The van der Waals surface area contributed by atoms with E-state index in [1.807, 2.05) is 7.05 Å². The molecule has 0 saturated heterocycles. The molecule has 1 N–H and O–H groups in total. The minimum absolute atomic E-state index is 0.0978. The van der Waals surface area contributed by atoms with Gasteiger partial charge in [0.1, 0.15) is 5.82 Å². The molecule has 20 heavy (non-hydrogen) atoms. The lowest BCUT2D eigenvalue weighted by atomic mass is 9.87. The third-order valence-electron chi connectivity index (χ3n) is 3.81. The molecule has 1 heterocycles. The molecule has 0 aromatic carbocycles. The van der Waals surface area contributed by atoms with Gasteiger partial charge < -0.3 is 10.0 Å². The Morgan fingerprint density at radius 1 is 1.40 bits per heavy atom. The molecular formula is C16H26N2O2. The minimum Gasteiger partial charge on any atom is -0.478 e. The number of aromatic nitrogens is 1. The van der Waals surface area contributed by atoms with Crippen LogP contribution in [0.2, 0.25) is 0 Å². The Balaban J connectivity index is 3.19. The van der Waals surface area contributed by atoms with Gasteiger partial charge in [-0.15, -0.1) is 0 Å². The zero-order chi connectivity index (χ0) is 15.5. The molecule has 0 amide bonds. The summed E-state index contributed by atoms with van der Waals surface area (Å²) in [4.78, 5) is 17.9. The number of pyridine rings is 1. The van der Waals surface area contributed by atoms with Crippen LogP contribution in [-0.2, 0) is 6.42 Å². The quantitative estimate of drug-likeness (QED) is 0.894. The first-order valence-electron chi connectivity index (χ1n) is 7.14. The molecular weight excluding hydrogens is 252 g/mol. The lowest BCUT2D eigenvalue weighted by Crippen LogP contribution is -2.40. The van der Waals surface area contributed by atoms with Crippen molar-refractivity contribution in [2.45, 2.75) is 53.5 Å². The molecule has 1 aromatic rings. The van der Waals surface area contributed by atoms with Crippen LogP contribution in [0.1, 0.15) is 57.1 Å². The summed E-state index contributed by atoms with van der Waals surface area (Å²) in [6, 6.07) is 3.59. The van der Waals surface area contributed by atoms with Crippen LogP contribution in [0.5, 0.6) is 0 Å². The van der Waals surface area contributed by atoms with E-state index in [-0.39, 0.29) is 11.5 Å². The van der Waals surface area contributed by atoms with Crippen molar-refractivity contribution < 1.29 is 9.90 Å². The van der Waals surface area contributed by atoms with Gasteiger partial charge in [0.25, 0.3) is 0 Å². The summed E-state index contributed by atoms with van der Waals surface area (Å²) in [6.45, 7) is 10.7. The number of hydrogen-bond acceptors (Lipinski definition) is 3. The number of carboxylic acids is 1. The van der Waals surface area contributed by atoms with E-state index in [0.717, 1.165) is 24.4 Å². The van der Waals surface area contributed by atoms with Crippen LogP contribution in [0, 0.1) is 5.41 Å². The van der Waals surface area contributed by atoms with Crippen LogP contribution in [0.15, 0.2) is 12.1 Å². The molecule has 1 rings (SSSR count). The Hall–Kier alpha value is -1.58. The van der Waals surface area contributed by atoms with Crippen LogP contribution in [0.3, 0.4) is 0 Å². The van der Waals surface area contributed by atoms with Crippen LogP contribution in [0.25, 0.3) is 0 Å². The smallest absolute Gasteiger partial charge is 0.335 e. The zero-order valence-corrected chi connectivity index (χ0v) is 13.4. The van der Waals surface area contributed by atoms with Crippen molar-refractivity contribution in [1.82, 2.24) is 4.98 Å². The summed E-state index contributed by atoms with van der Waals surface area (Å²) < 4.78 is 0. The van der Waals surface area contributed by atoms with Crippen molar-refractivity contribution >= 4 is 11.8 Å². The number of carboxylic acid groups (broad SMARTS) is 1. The molecule has 0 saturated carbocycles. The van der Waals surface area contributed by atoms with Gasteiger partial charge in [0.2, 0.25) is 0 Å². The second kappa shape index (κ2) is 6.25. The van der Waals surface area contributed by atoms with E-state index < -0.39 is 5.97 Å². The first-order valence-corrected chi connectivity index (χ1v) is 7.14. The highest BCUT2D eigenvalue weighted by atomic mass is 16.4. The Kier molecular flexibility index (Phi) is 5.15. The third-order valence-corrected chi connectivity index (χ3v) is 3.81. The SMILES string of the molecule is CCCc1cc(C(=O)O)cc(N(C)C(C)C(C)(C)C)n1. The second-order valence-electron chi connectivity index (χ2n) is 6.41. The highest BCUT2D eigenvalue weighted by molar-refractivity contribution is 5.88. The fraction of sp³-hybridized carbons (Fsp3) is 0.625. The minimum atomic E-state index is -0.900. The Morgan fingerprint density at radius 2 is 2.00 bits per heavy atom. The van der Waals surface area contributed by atoms with Gasteiger partial charge in [-0.2, -0.15) is 0 Å². The Morgan fingerprint density at radius 3 is 2.45 bits per heavy atom. The molecule has 0 radical (unpaired) electrons. The Bertz CT molecular complexity index is 478. The van der Waals surface area contributed by atoms with Gasteiger partial charge in [-0.25, -0.2) is 9.78 Å². The molecule has 1 aromatic heterocycles. The van der Waals surface area contributed by atoms with Crippen molar-refractivity contribution in [3.63, 3.8) is 0 Å². The molecule has 1 unspecified atom stereocenters. The van der Waals surface area contributed by atoms with Crippen LogP contribution in [-0.4, -0.2) is 29.1 Å². The maximum absolute atomic E-state index is 11.3. The van der Waals surface area contributed by atoms with E-state index in [4.69, 9.17) is 0 Å². The van der Waals surface area contributed by atoms with Gasteiger partial charge in [-0.05, 0) is 30.9 Å². The van der Waals surface area contributed by atoms with Gasteiger partial charge >= 0.3 is 5.97 Å². The van der Waals surface area contributed by atoms with Crippen LogP contribution >= 0.6 is 0 Å². The predicted octanol–water partition coefficient (Wildman–Crippen LogP) is 3.60. The largest absolute Gasteiger partial charge is 0.478 e. The number of nitrogens with zero attached hydrogens (tertiary/aromatic N) is 2. The third kappa shape index (κ3) is 3.95. The van der Waals surface area contributed by atoms with E-state index in [1.54, 1.807) is 12.1 Å². The van der Waals surface area contributed by atoms with E-state index in [9.17, 15) is 9.90 Å². The standard InChI is InChI=1S/C16H26N2O2/c1-7-8-13-9-12(15(19)20)10-14(17-13)18(6)11(2)16(3,4)5/h9-11H,7-8H2,1-6H3,(H,19,20). The number of aryl methyl sites for hydroxylation is 1. The summed E-state index contributed by atoms with van der Waals surface area (Å²) in [5.41, 5.74) is 1.25. The average molecular weight is 278 g/mol. The highest BCUT2D eigenvalue weighted by Crippen LogP contribution is 2.27. The second-order valence-corrected chi connectivity index (χ2v) is 6.41. The highest BCUT2D eigenvalue weighted by Gasteiger charge is 2.25. The maximum Gasteiger partial charge on any atom is 0.335 e. The molecule has 0 aliphatic rings. The zero-order valence-electron chi connectivity index (χ0n) is 13.4. The lowest BCUT2D eigenvalue weighted by Gasteiger charge is -2.36. The number of carbonyl (C=O) groups is 1. The predicted molar refractivity (Wildman–Crippen MR) is 82.5 cm³/mol. The van der Waals surface area contributed by atoms with Crippen molar-refractivity contribution in [1.29, 1.82) is 0 Å². The first-order chi connectivity index (χ1) is 9.16. The lowest BCUT2D eigenvalue weighted by molar-refractivity contribution is 0.0696. The van der Waals surface area contributed by atoms with E-state index in [0.29, 0.717) is 5.56 Å². The topological polar surface area (TPSA) is 53.4 Å². The molecule has 0 aliphatic carbocycles. The van der Waals surface area contributed by atoms with Gasteiger partial charge in [-0.3, -0.25) is 0 Å². The van der Waals surface area contributed by atoms with Crippen molar-refractivity contribution in [3.05, 3.63) is 23.4 Å². The van der Waals surface area contributed by atoms with Gasteiger partial charge in [-0.1, -0.05) is 34.1 Å². The number of hydrogen-bond donors (Lipinski definition) is 1. The van der Waals surface area contributed by atoms with Gasteiger partial charge in [0.15, 0.2) is 0 Å². The molecule has 0 aliphatic heterocycles. The number of aromatic carboxylic acids is 1. The van der Waals surface area contributed by atoms with Crippen LogP contribution < -0.4 is 4.90 Å². The first kappa shape index (κ1) is 16.5.